The SMILES string of the molecule is CCCCC(=O)Nc1ccc(N2CCNCC2)cc1. The molecule has 104 valence electrons. The minimum atomic E-state index is 0.108. The molecular formula is C15H23N3O. The zero-order valence-corrected chi connectivity index (χ0v) is 11.6. The van der Waals surface area contributed by atoms with Crippen molar-refractivity contribution in [1.82, 2.24) is 5.32 Å². The standard InChI is InChI=1S/C15H23N3O/c1-2-3-4-15(19)17-13-5-7-14(8-6-13)18-11-9-16-10-12-18/h5-8,16H,2-4,9-12H2,1H3,(H,17,19). The second-order valence-corrected chi connectivity index (χ2v) is 4.94. The molecule has 0 unspecified atom stereocenters. The zero-order valence-electron chi connectivity index (χ0n) is 11.6. The molecule has 1 aliphatic heterocycles. The lowest BCUT2D eigenvalue weighted by molar-refractivity contribution is -0.116. The normalized spacial score (nSPS) is 15.3. The molecule has 1 fully saturated rings. The molecule has 2 rings (SSSR count). The smallest absolute Gasteiger partial charge is 0.224 e. The van der Waals surface area contributed by atoms with Crippen molar-refractivity contribution in [2.75, 3.05) is 36.4 Å². The van der Waals surface area contributed by atoms with Gasteiger partial charge >= 0.3 is 0 Å². The number of hydrogen-bond acceptors (Lipinski definition) is 3. The van der Waals surface area contributed by atoms with Gasteiger partial charge in [-0.3, -0.25) is 4.79 Å². The van der Waals surface area contributed by atoms with Crippen LogP contribution in [0.1, 0.15) is 26.2 Å². The average Bonchev–Trinajstić information content (AvgIpc) is 2.47. The van der Waals surface area contributed by atoms with Crippen molar-refractivity contribution >= 4 is 17.3 Å². The zero-order chi connectivity index (χ0) is 13.5. The van der Waals surface area contributed by atoms with Crippen molar-refractivity contribution in [3.05, 3.63) is 24.3 Å². The number of hydrogen-bond donors (Lipinski definition) is 2. The van der Waals surface area contributed by atoms with Crippen LogP contribution in [-0.2, 0) is 4.79 Å². The van der Waals surface area contributed by atoms with Crippen LogP contribution in [0, 0.1) is 0 Å². The van der Waals surface area contributed by atoms with Gasteiger partial charge in [0, 0.05) is 44.0 Å². The van der Waals surface area contributed by atoms with Crippen LogP contribution in [-0.4, -0.2) is 32.1 Å². The van der Waals surface area contributed by atoms with Gasteiger partial charge in [-0.2, -0.15) is 0 Å². The summed E-state index contributed by atoms with van der Waals surface area (Å²) in [6, 6.07) is 8.14. The predicted molar refractivity (Wildman–Crippen MR) is 79.7 cm³/mol. The summed E-state index contributed by atoms with van der Waals surface area (Å²) in [5, 5.41) is 6.28. The van der Waals surface area contributed by atoms with E-state index < -0.39 is 0 Å². The number of unbranched alkanes of at least 4 members (excludes halogenated alkanes) is 1. The molecule has 0 aromatic heterocycles. The van der Waals surface area contributed by atoms with Gasteiger partial charge in [-0.15, -0.1) is 0 Å². The maximum absolute atomic E-state index is 11.6. The molecular weight excluding hydrogens is 238 g/mol. The number of nitrogens with zero attached hydrogens (tertiary/aromatic N) is 1. The minimum absolute atomic E-state index is 0.108. The molecule has 2 N–H and O–H groups in total. The Labute approximate surface area is 115 Å². The number of benzene rings is 1. The molecule has 0 aliphatic carbocycles. The maximum atomic E-state index is 11.6. The highest BCUT2D eigenvalue weighted by molar-refractivity contribution is 5.90. The summed E-state index contributed by atoms with van der Waals surface area (Å²) in [6.45, 7) is 6.25. The Morgan fingerprint density at radius 3 is 2.58 bits per heavy atom. The molecule has 0 saturated carbocycles. The highest BCUT2D eigenvalue weighted by Gasteiger charge is 2.10. The Balaban J connectivity index is 1.88. The summed E-state index contributed by atoms with van der Waals surface area (Å²) in [7, 11) is 0. The molecule has 1 heterocycles. The number of rotatable bonds is 5. The maximum Gasteiger partial charge on any atom is 0.224 e. The number of nitrogens with one attached hydrogen (secondary N) is 2. The predicted octanol–water partition coefficient (Wildman–Crippen LogP) is 2.22. The van der Waals surface area contributed by atoms with Gasteiger partial charge in [0.1, 0.15) is 0 Å². The van der Waals surface area contributed by atoms with Crippen LogP contribution in [0.25, 0.3) is 0 Å². The fourth-order valence-corrected chi connectivity index (χ4v) is 2.24. The summed E-state index contributed by atoms with van der Waals surface area (Å²) in [6.07, 6.45) is 2.61. The van der Waals surface area contributed by atoms with E-state index in [1.165, 1.54) is 5.69 Å². The van der Waals surface area contributed by atoms with E-state index in [2.05, 4.69) is 34.6 Å². The topological polar surface area (TPSA) is 44.4 Å². The molecule has 0 bridgehead atoms. The van der Waals surface area contributed by atoms with Gasteiger partial charge in [0.2, 0.25) is 5.91 Å². The summed E-state index contributed by atoms with van der Waals surface area (Å²) in [5.41, 5.74) is 2.12. The molecule has 1 saturated heterocycles. The fraction of sp³-hybridized carbons (Fsp3) is 0.533. The van der Waals surface area contributed by atoms with Gasteiger partial charge in [0.05, 0.1) is 0 Å². The Morgan fingerprint density at radius 1 is 1.26 bits per heavy atom. The van der Waals surface area contributed by atoms with Crippen molar-refractivity contribution in [3.8, 4) is 0 Å². The van der Waals surface area contributed by atoms with E-state index in [1.807, 2.05) is 12.1 Å². The number of carbonyl (C=O) groups excluding carboxylic acids is 1. The Morgan fingerprint density at radius 2 is 1.95 bits per heavy atom. The lowest BCUT2D eigenvalue weighted by Crippen LogP contribution is -2.43. The first-order chi connectivity index (χ1) is 9.29. The fourth-order valence-electron chi connectivity index (χ4n) is 2.24. The summed E-state index contributed by atoms with van der Waals surface area (Å²) >= 11 is 0. The van der Waals surface area contributed by atoms with E-state index in [-0.39, 0.29) is 5.91 Å². The van der Waals surface area contributed by atoms with Gasteiger partial charge in [-0.1, -0.05) is 13.3 Å². The van der Waals surface area contributed by atoms with E-state index in [0.717, 1.165) is 44.7 Å². The van der Waals surface area contributed by atoms with Crippen LogP contribution >= 0.6 is 0 Å². The lowest BCUT2D eigenvalue weighted by atomic mass is 10.2. The summed E-state index contributed by atoms with van der Waals surface area (Å²) in [5.74, 6) is 0.108. The van der Waals surface area contributed by atoms with E-state index in [4.69, 9.17) is 0 Å². The molecule has 1 aromatic carbocycles. The molecule has 1 aromatic rings. The van der Waals surface area contributed by atoms with Crippen LogP contribution in [0.3, 0.4) is 0 Å². The van der Waals surface area contributed by atoms with Crippen LogP contribution in [0.4, 0.5) is 11.4 Å². The molecule has 0 spiro atoms. The van der Waals surface area contributed by atoms with Gasteiger partial charge in [0.15, 0.2) is 0 Å². The van der Waals surface area contributed by atoms with E-state index in [0.29, 0.717) is 6.42 Å². The first-order valence-electron chi connectivity index (χ1n) is 7.15. The summed E-state index contributed by atoms with van der Waals surface area (Å²) in [4.78, 5) is 14.0. The van der Waals surface area contributed by atoms with Crippen LogP contribution in [0.5, 0.6) is 0 Å². The first kappa shape index (κ1) is 13.9. The third kappa shape index (κ3) is 4.24. The largest absolute Gasteiger partial charge is 0.369 e. The third-order valence-electron chi connectivity index (χ3n) is 3.39. The molecule has 4 nitrogen and oxygen atoms in total. The second-order valence-electron chi connectivity index (χ2n) is 4.94. The average molecular weight is 261 g/mol. The monoisotopic (exact) mass is 261 g/mol. The molecule has 0 atom stereocenters. The van der Waals surface area contributed by atoms with Crippen molar-refractivity contribution in [3.63, 3.8) is 0 Å². The van der Waals surface area contributed by atoms with E-state index in [9.17, 15) is 4.79 Å². The van der Waals surface area contributed by atoms with Crippen molar-refractivity contribution < 1.29 is 4.79 Å². The third-order valence-corrected chi connectivity index (χ3v) is 3.39. The van der Waals surface area contributed by atoms with Crippen LogP contribution < -0.4 is 15.5 Å². The molecule has 4 heteroatoms. The lowest BCUT2D eigenvalue weighted by Gasteiger charge is -2.29. The first-order valence-corrected chi connectivity index (χ1v) is 7.15. The Hall–Kier alpha value is -1.55. The Bertz CT molecular complexity index is 396. The van der Waals surface area contributed by atoms with Gasteiger partial charge < -0.3 is 15.5 Å². The minimum Gasteiger partial charge on any atom is -0.369 e. The number of anilines is 2. The van der Waals surface area contributed by atoms with Crippen molar-refractivity contribution in [1.29, 1.82) is 0 Å². The van der Waals surface area contributed by atoms with Gasteiger partial charge in [-0.05, 0) is 30.7 Å². The van der Waals surface area contributed by atoms with Crippen LogP contribution in [0.15, 0.2) is 24.3 Å². The highest BCUT2D eigenvalue weighted by atomic mass is 16.1. The molecule has 0 radical (unpaired) electrons. The number of carbonyl (C=O) groups is 1. The van der Waals surface area contributed by atoms with Gasteiger partial charge in [-0.25, -0.2) is 0 Å². The number of amides is 1. The van der Waals surface area contributed by atoms with Crippen LogP contribution in [0.2, 0.25) is 0 Å². The number of piperazine rings is 1. The summed E-state index contributed by atoms with van der Waals surface area (Å²) < 4.78 is 0. The second kappa shape index (κ2) is 7.14. The molecule has 1 aliphatic rings. The van der Waals surface area contributed by atoms with Crippen molar-refractivity contribution in [2.45, 2.75) is 26.2 Å². The van der Waals surface area contributed by atoms with Crippen molar-refractivity contribution in [2.24, 2.45) is 0 Å². The van der Waals surface area contributed by atoms with Gasteiger partial charge in [0.25, 0.3) is 0 Å². The highest BCUT2D eigenvalue weighted by Crippen LogP contribution is 2.18. The molecule has 1 amide bonds. The molecule has 19 heavy (non-hydrogen) atoms. The van der Waals surface area contributed by atoms with E-state index >= 15 is 0 Å². The Kier molecular flexibility index (Phi) is 5.21. The quantitative estimate of drug-likeness (QED) is 0.854. The van der Waals surface area contributed by atoms with E-state index in [1.54, 1.807) is 0 Å².